The zero-order valence-corrected chi connectivity index (χ0v) is 54.6. The first kappa shape index (κ1) is 79.4. The Labute approximate surface area is 518 Å². The smallest absolute Gasteiger partial charge is 0.220 e. The van der Waals surface area contributed by atoms with Gasteiger partial charge in [0.2, 0.25) is 5.91 Å². The summed E-state index contributed by atoms with van der Waals surface area (Å²) in [6, 6.07) is -0.827. The Morgan fingerprint density at radius 3 is 1.14 bits per heavy atom. The van der Waals surface area contributed by atoms with Gasteiger partial charge in [0, 0.05) is 6.42 Å². The van der Waals surface area contributed by atoms with E-state index in [1.807, 2.05) is 6.08 Å². The van der Waals surface area contributed by atoms with Gasteiger partial charge in [0.25, 0.3) is 0 Å². The maximum Gasteiger partial charge on any atom is 0.220 e. The zero-order chi connectivity index (χ0) is 60.7. The largest absolute Gasteiger partial charge is 0.394 e. The molecule has 9 heteroatoms. The number of aliphatic hydroxyl groups excluding tert-OH is 5. The monoisotopic (exact) mass is 1180 g/mol. The van der Waals surface area contributed by atoms with Gasteiger partial charge >= 0.3 is 0 Å². The van der Waals surface area contributed by atoms with Gasteiger partial charge in [-0.3, -0.25) is 4.79 Å². The second-order valence-electron chi connectivity index (χ2n) is 24.6. The molecule has 0 bridgehead atoms. The summed E-state index contributed by atoms with van der Waals surface area (Å²) >= 11 is 0. The lowest BCUT2D eigenvalue weighted by Gasteiger charge is -2.40. The van der Waals surface area contributed by atoms with Gasteiger partial charge in [-0.25, -0.2) is 0 Å². The number of amides is 1. The number of hydrogen-bond donors (Lipinski definition) is 6. The first-order chi connectivity index (χ1) is 41.3. The van der Waals surface area contributed by atoms with Crippen LogP contribution in [0, 0.1) is 0 Å². The van der Waals surface area contributed by atoms with Crippen molar-refractivity contribution >= 4 is 5.91 Å². The number of aliphatic hydroxyl groups is 5. The molecular formula is C75H135NO8. The second-order valence-corrected chi connectivity index (χ2v) is 24.6. The highest BCUT2D eigenvalue weighted by molar-refractivity contribution is 5.76. The Kier molecular flexibility index (Phi) is 59.9. The predicted molar refractivity (Wildman–Crippen MR) is 359 cm³/mol. The van der Waals surface area contributed by atoms with Gasteiger partial charge in [0.15, 0.2) is 6.29 Å². The van der Waals surface area contributed by atoms with Crippen molar-refractivity contribution in [3.63, 3.8) is 0 Å². The van der Waals surface area contributed by atoms with Crippen LogP contribution in [0.5, 0.6) is 0 Å². The lowest BCUT2D eigenvalue weighted by atomic mass is 9.99. The molecule has 1 amide bonds. The van der Waals surface area contributed by atoms with Crippen molar-refractivity contribution in [2.45, 2.75) is 371 Å². The minimum atomic E-state index is -1.58. The summed E-state index contributed by atoms with van der Waals surface area (Å²) in [5.74, 6) is -0.184. The lowest BCUT2D eigenvalue weighted by molar-refractivity contribution is -0.302. The molecule has 0 spiro atoms. The summed E-state index contributed by atoms with van der Waals surface area (Å²) in [5, 5.41) is 54.8. The van der Waals surface area contributed by atoms with E-state index in [0.717, 1.165) is 70.6 Å². The quantitative estimate of drug-likeness (QED) is 0.0261. The van der Waals surface area contributed by atoms with Crippen LogP contribution in [0.2, 0.25) is 0 Å². The van der Waals surface area contributed by atoms with Gasteiger partial charge in [-0.05, 0) is 77.0 Å². The topological polar surface area (TPSA) is 149 Å². The SMILES string of the molecule is CC/C=C\C/C=C\C/C=C\C/C=C\C/C=C\CCCCCCCCCCCCCCCCCCCC(=O)NC(COC1OC(CO)C(O)C(O)C1O)C(O)/C=C/CC/C=C/CCCCCCCCCCCCCCCCCCCCCCCC. The number of allylic oxidation sites excluding steroid dienone is 13. The number of rotatable bonds is 62. The molecule has 1 fully saturated rings. The number of unbranched alkanes of at least 4 members (excludes halogenated alkanes) is 40. The number of carbonyl (C=O) groups is 1. The van der Waals surface area contributed by atoms with Gasteiger partial charge in [-0.1, -0.05) is 330 Å². The summed E-state index contributed by atoms with van der Waals surface area (Å²) in [6.07, 6.45) is 84.1. The Bertz CT molecular complexity index is 1600. The Hall–Kier alpha value is -2.63. The maximum atomic E-state index is 13.1. The van der Waals surface area contributed by atoms with E-state index in [2.05, 4.69) is 92.1 Å². The Morgan fingerprint density at radius 1 is 0.417 bits per heavy atom. The molecule has 488 valence electrons. The lowest BCUT2D eigenvalue weighted by Crippen LogP contribution is -2.60. The van der Waals surface area contributed by atoms with Crippen molar-refractivity contribution in [3.05, 3.63) is 85.1 Å². The third kappa shape index (κ3) is 51.4. The van der Waals surface area contributed by atoms with E-state index in [1.54, 1.807) is 6.08 Å². The summed E-state index contributed by atoms with van der Waals surface area (Å²) in [5.41, 5.74) is 0. The summed E-state index contributed by atoms with van der Waals surface area (Å²) in [6.45, 7) is 3.69. The van der Waals surface area contributed by atoms with Crippen LogP contribution in [0.25, 0.3) is 0 Å². The van der Waals surface area contributed by atoms with Crippen LogP contribution in [0.3, 0.4) is 0 Å². The van der Waals surface area contributed by atoms with Gasteiger partial charge in [-0.15, -0.1) is 0 Å². The van der Waals surface area contributed by atoms with Crippen LogP contribution in [0.15, 0.2) is 85.1 Å². The number of carbonyl (C=O) groups excluding carboxylic acids is 1. The standard InChI is InChI=1S/C75H135NO8/c1-3-5-7-9-11-13-15-17-19-21-23-25-27-29-31-33-34-35-36-37-39-41-43-45-47-49-51-53-55-57-59-61-63-65-71(79)76-68(67-83-75-74(82)73(81)72(80)70(66-77)84-75)69(78)64-62-60-58-56-54-52-50-48-46-44-42-40-38-32-30-28-26-24-22-20-18-16-14-12-10-8-6-4-2/h5,7,11,13,17,19,23,25,29,31,54,56,62,64,68-70,72-75,77-78,80-82H,3-4,6,8-10,12,14-16,18,20-22,24,26-28,30,32-53,55,57-61,63,65-67H2,1-2H3,(H,76,79)/b7-5-,13-11-,19-17-,25-23-,31-29-,56-54+,64-62+. The normalized spacial score (nSPS) is 18.7. The van der Waals surface area contributed by atoms with Crippen molar-refractivity contribution in [2.75, 3.05) is 13.2 Å². The predicted octanol–water partition coefficient (Wildman–Crippen LogP) is 19.7. The van der Waals surface area contributed by atoms with E-state index < -0.39 is 49.5 Å². The molecule has 0 aromatic rings. The molecule has 6 N–H and O–H groups in total. The molecule has 0 aromatic heterocycles. The summed E-state index contributed by atoms with van der Waals surface area (Å²) < 4.78 is 11.3. The zero-order valence-electron chi connectivity index (χ0n) is 54.6. The molecule has 0 aromatic carbocycles. The number of hydrogen-bond acceptors (Lipinski definition) is 8. The van der Waals surface area contributed by atoms with Crippen molar-refractivity contribution in [1.82, 2.24) is 5.32 Å². The Morgan fingerprint density at radius 2 is 0.750 bits per heavy atom. The summed E-state index contributed by atoms with van der Waals surface area (Å²) in [4.78, 5) is 13.1. The van der Waals surface area contributed by atoms with E-state index in [0.29, 0.717) is 6.42 Å². The molecule has 1 aliphatic rings. The maximum absolute atomic E-state index is 13.1. The molecule has 84 heavy (non-hydrogen) atoms. The van der Waals surface area contributed by atoms with Crippen molar-refractivity contribution < 1.29 is 39.8 Å². The van der Waals surface area contributed by atoms with Gasteiger partial charge < -0.3 is 40.3 Å². The number of ether oxygens (including phenoxy) is 2. The van der Waals surface area contributed by atoms with E-state index in [9.17, 15) is 30.3 Å². The fraction of sp³-hybridized carbons (Fsp3) is 0.800. The molecule has 1 heterocycles. The van der Waals surface area contributed by atoms with E-state index >= 15 is 0 Å². The molecule has 7 atom stereocenters. The third-order valence-corrected chi connectivity index (χ3v) is 16.7. The molecule has 1 aliphatic heterocycles. The fourth-order valence-corrected chi connectivity index (χ4v) is 11.1. The highest BCUT2D eigenvalue weighted by Crippen LogP contribution is 2.23. The van der Waals surface area contributed by atoms with Crippen LogP contribution in [0.4, 0.5) is 0 Å². The van der Waals surface area contributed by atoms with Crippen molar-refractivity contribution in [1.29, 1.82) is 0 Å². The molecule has 1 rings (SSSR count). The van der Waals surface area contributed by atoms with E-state index in [-0.39, 0.29) is 12.5 Å². The average Bonchev–Trinajstić information content (AvgIpc) is 3.70. The highest BCUT2D eigenvalue weighted by Gasteiger charge is 2.44. The van der Waals surface area contributed by atoms with E-state index in [4.69, 9.17) is 9.47 Å². The molecular weight excluding hydrogens is 1040 g/mol. The second kappa shape index (κ2) is 63.4. The fourth-order valence-electron chi connectivity index (χ4n) is 11.1. The van der Waals surface area contributed by atoms with Gasteiger partial charge in [0.1, 0.15) is 24.4 Å². The minimum Gasteiger partial charge on any atom is -0.394 e. The van der Waals surface area contributed by atoms with Gasteiger partial charge in [0.05, 0.1) is 25.4 Å². The van der Waals surface area contributed by atoms with Crippen LogP contribution in [-0.2, 0) is 14.3 Å². The van der Waals surface area contributed by atoms with Crippen LogP contribution >= 0.6 is 0 Å². The van der Waals surface area contributed by atoms with Crippen LogP contribution in [0.1, 0.15) is 328 Å². The molecule has 1 saturated heterocycles. The average molecular weight is 1180 g/mol. The molecule has 7 unspecified atom stereocenters. The third-order valence-electron chi connectivity index (χ3n) is 16.7. The van der Waals surface area contributed by atoms with Crippen molar-refractivity contribution in [3.8, 4) is 0 Å². The molecule has 0 radical (unpaired) electrons. The molecule has 0 saturated carbocycles. The van der Waals surface area contributed by atoms with E-state index in [1.165, 1.54) is 238 Å². The van der Waals surface area contributed by atoms with Gasteiger partial charge in [-0.2, -0.15) is 0 Å². The molecule has 9 nitrogen and oxygen atoms in total. The highest BCUT2D eigenvalue weighted by atomic mass is 16.7. The Balaban J connectivity index is 2.14. The molecule has 0 aliphatic carbocycles. The summed E-state index contributed by atoms with van der Waals surface area (Å²) in [7, 11) is 0. The van der Waals surface area contributed by atoms with Crippen LogP contribution < -0.4 is 5.32 Å². The first-order valence-electron chi connectivity index (χ1n) is 35.8. The van der Waals surface area contributed by atoms with Crippen molar-refractivity contribution in [2.24, 2.45) is 0 Å². The number of nitrogens with one attached hydrogen (secondary N) is 1. The van der Waals surface area contributed by atoms with Crippen LogP contribution in [-0.4, -0.2) is 87.5 Å². The minimum absolute atomic E-state index is 0.184. The first-order valence-corrected chi connectivity index (χ1v) is 35.8.